The van der Waals surface area contributed by atoms with Gasteiger partial charge in [-0.3, -0.25) is 14.5 Å². The minimum absolute atomic E-state index is 0.0413. The van der Waals surface area contributed by atoms with Gasteiger partial charge in [0.1, 0.15) is 17.2 Å². The number of halogens is 2. The monoisotopic (exact) mass is 426 g/mol. The van der Waals surface area contributed by atoms with Gasteiger partial charge in [0.05, 0.1) is 30.2 Å². The van der Waals surface area contributed by atoms with Crippen LogP contribution in [0.2, 0.25) is 0 Å². The maximum Gasteiger partial charge on any atom is 0.290 e. The highest BCUT2D eigenvalue weighted by molar-refractivity contribution is 5.99. The first-order valence-electron chi connectivity index (χ1n) is 10.2. The van der Waals surface area contributed by atoms with E-state index in [1.807, 2.05) is 0 Å². The molecule has 0 N–H and O–H groups in total. The Morgan fingerprint density at radius 1 is 0.935 bits per heavy atom. The van der Waals surface area contributed by atoms with E-state index in [2.05, 4.69) is 4.90 Å². The minimum Gasteiger partial charge on any atom is -0.450 e. The van der Waals surface area contributed by atoms with Gasteiger partial charge in [-0.05, 0) is 35.9 Å². The van der Waals surface area contributed by atoms with Crippen LogP contribution in [0.25, 0.3) is 11.0 Å². The van der Waals surface area contributed by atoms with Crippen LogP contribution in [-0.2, 0) is 4.74 Å². The third-order valence-electron chi connectivity index (χ3n) is 5.87. The van der Waals surface area contributed by atoms with Crippen molar-refractivity contribution in [3.05, 3.63) is 81.2 Å². The molecule has 5 rings (SSSR count). The van der Waals surface area contributed by atoms with Crippen molar-refractivity contribution in [2.75, 3.05) is 39.4 Å². The fourth-order valence-corrected chi connectivity index (χ4v) is 4.29. The first kappa shape index (κ1) is 19.8. The Hall–Kier alpha value is -3.10. The van der Waals surface area contributed by atoms with Crippen molar-refractivity contribution in [3.8, 4) is 0 Å². The van der Waals surface area contributed by atoms with Crippen molar-refractivity contribution in [2.45, 2.75) is 6.04 Å². The number of carbonyl (C=O) groups excluding carboxylic acids is 1. The van der Waals surface area contributed by atoms with Gasteiger partial charge in [0, 0.05) is 26.2 Å². The van der Waals surface area contributed by atoms with Crippen LogP contribution in [0.5, 0.6) is 0 Å². The van der Waals surface area contributed by atoms with Gasteiger partial charge in [-0.15, -0.1) is 0 Å². The molecule has 0 unspecified atom stereocenters. The molecule has 6 nitrogen and oxygen atoms in total. The van der Waals surface area contributed by atoms with E-state index >= 15 is 0 Å². The molecule has 0 spiro atoms. The van der Waals surface area contributed by atoms with Crippen LogP contribution in [0.15, 0.2) is 51.7 Å². The molecular formula is C23H20F2N2O4. The van der Waals surface area contributed by atoms with E-state index in [1.165, 1.54) is 24.3 Å². The van der Waals surface area contributed by atoms with Crippen LogP contribution < -0.4 is 5.43 Å². The first-order chi connectivity index (χ1) is 15.0. The number of ether oxygens (including phenoxy) is 1. The second-order valence-corrected chi connectivity index (χ2v) is 7.72. The lowest BCUT2D eigenvalue weighted by molar-refractivity contribution is 0.0314. The summed E-state index contributed by atoms with van der Waals surface area (Å²) in [5, 5.41) is 0.0775. The van der Waals surface area contributed by atoms with E-state index in [4.69, 9.17) is 9.15 Å². The maximum atomic E-state index is 13.8. The van der Waals surface area contributed by atoms with Gasteiger partial charge in [0.25, 0.3) is 5.91 Å². The summed E-state index contributed by atoms with van der Waals surface area (Å²) in [6.45, 7) is 3.74. The second kappa shape index (κ2) is 7.86. The van der Waals surface area contributed by atoms with Gasteiger partial charge < -0.3 is 14.1 Å². The molecular weight excluding hydrogens is 406 g/mol. The van der Waals surface area contributed by atoms with E-state index in [1.54, 1.807) is 17.0 Å². The maximum absolute atomic E-state index is 13.8. The zero-order valence-corrected chi connectivity index (χ0v) is 16.6. The molecule has 1 atom stereocenters. The van der Waals surface area contributed by atoms with Gasteiger partial charge >= 0.3 is 0 Å². The van der Waals surface area contributed by atoms with Gasteiger partial charge in [0.2, 0.25) is 5.76 Å². The number of hydrogen-bond acceptors (Lipinski definition) is 5. The highest BCUT2D eigenvalue weighted by Gasteiger charge is 2.42. The molecule has 2 aliphatic heterocycles. The van der Waals surface area contributed by atoms with Crippen molar-refractivity contribution >= 4 is 16.9 Å². The zero-order chi connectivity index (χ0) is 21.5. The smallest absolute Gasteiger partial charge is 0.290 e. The average Bonchev–Trinajstić information content (AvgIpc) is 3.06. The highest BCUT2D eigenvalue weighted by atomic mass is 19.1. The van der Waals surface area contributed by atoms with Gasteiger partial charge in [-0.1, -0.05) is 12.1 Å². The molecule has 3 heterocycles. The number of carbonyl (C=O) groups is 1. The molecule has 1 aromatic heterocycles. The Bertz CT molecular complexity index is 1200. The van der Waals surface area contributed by atoms with Crippen LogP contribution in [0.3, 0.4) is 0 Å². The van der Waals surface area contributed by atoms with Gasteiger partial charge in [0.15, 0.2) is 5.43 Å². The third kappa shape index (κ3) is 3.51. The molecule has 2 aliphatic rings. The number of benzene rings is 2. The van der Waals surface area contributed by atoms with Crippen molar-refractivity contribution in [1.29, 1.82) is 0 Å². The Morgan fingerprint density at radius 2 is 1.65 bits per heavy atom. The Morgan fingerprint density at radius 3 is 2.39 bits per heavy atom. The topological polar surface area (TPSA) is 63.0 Å². The fraction of sp³-hybridized carbons (Fsp3) is 0.304. The predicted octanol–water partition coefficient (Wildman–Crippen LogP) is 2.95. The summed E-state index contributed by atoms with van der Waals surface area (Å²) < 4.78 is 38.5. The predicted molar refractivity (Wildman–Crippen MR) is 109 cm³/mol. The third-order valence-corrected chi connectivity index (χ3v) is 5.87. The largest absolute Gasteiger partial charge is 0.450 e. The molecule has 31 heavy (non-hydrogen) atoms. The average molecular weight is 426 g/mol. The molecule has 0 bridgehead atoms. The Kier molecular flexibility index (Phi) is 5.03. The molecule has 0 aliphatic carbocycles. The van der Waals surface area contributed by atoms with E-state index in [-0.39, 0.29) is 22.3 Å². The van der Waals surface area contributed by atoms with Crippen molar-refractivity contribution in [2.24, 2.45) is 0 Å². The van der Waals surface area contributed by atoms with Gasteiger partial charge in [-0.25, -0.2) is 8.78 Å². The quantitative estimate of drug-likeness (QED) is 0.642. The highest BCUT2D eigenvalue weighted by Crippen LogP contribution is 2.38. The Balaban J connectivity index is 1.60. The second-order valence-electron chi connectivity index (χ2n) is 7.72. The van der Waals surface area contributed by atoms with Crippen LogP contribution in [0.4, 0.5) is 8.78 Å². The number of morpholine rings is 1. The normalized spacial score (nSPS) is 19.2. The lowest BCUT2D eigenvalue weighted by atomic mass is 9.98. The number of fused-ring (bicyclic) bond motifs is 2. The molecule has 8 heteroatoms. The molecule has 1 fully saturated rings. The summed E-state index contributed by atoms with van der Waals surface area (Å²) in [4.78, 5) is 30.4. The van der Waals surface area contributed by atoms with Crippen molar-refractivity contribution < 1.29 is 22.7 Å². The van der Waals surface area contributed by atoms with Crippen LogP contribution in [0.1, 0.15) is 27.7 Å². The molecule has 0 saturated carbocycles. The lowest BCUT2D eigenvalue weighted by Gasteiger charge is -2.31. The lowest BCUT2D eigenvalue weighted by Crippen LogP contribution is -2.42. The summed E-state index contributed by atoms with van der Waals surface area (Å²) in [7, 11) is 0. The van der Waals surface area contributed by atoms with Gasteiger partial charge in [-0.2, -0.15) is 0 Å². The van der Waals surface area contributed by atoms with E-state index in [0.717, 1.165) is 19.2 Å². The summed E-state index contributed by atoms with van der Waals surface area (Å²) >= 11 is 0. The number of hydrogen-bond donors (Lipinski definition) is 0. The molecule has 160 valence electrons. The van der Waals surface area contributed by atoms with Crippen LogP contribution in [-0.4, -0.2) is 55.1 Å². The van der Waals surface area contributed by atoms with Crippen molar-refractivity contribution in [3.63, 3.8) is 0 Å². The molecule has 0 radical (unpaired) electrons. The SMILES string of the molecule is O=C1c2oc3ccc(F)cc3c(=O)c2[C@H](c2ccc(F)cc2)N1CCN1CCOCC1. The molecule has 3 aromatic rings. The van der Waals surface area contributed by atoms with E-state index in [9.17, 15) is 18.4 Å². The minimum atomic E-state index is -0.729. The fourth-order valence-electron chi connectivity index (χ4n) is 4.29. The standard InChI is InChI=1S/C23H20F2N2O4/c24-15-3-1-14(2-4-15)20-19-21(28)17-13-16(25)5-6-18(17)31-22(19)23(29)27(20)8-7-26-9-11-30-12-10-26/h1-6,13,20H,7-12H2/t20-/m0/s1. The number of nitrogens with zero attached hydrogens (tertiary/aromatic N) is 2. The first-order valence-corrected chi connectivity index (χ1v) is 10.2. The Labute approximate surface area is 176 Å². The summed E-state index contributed by atoms with van der Waals surface area (Å²) in [6.07, 6.45) is 0. The van der Waals surface area contributed by atoms with E-state index in [0.29, 0.717) is 31.9 Å². The number of amides is 1. The zero-order valence-electron chi connectivity index (χ0n) is 16.6. The molecule has 2 aromatic carbocycles. The van der Waals surface area contributed by atoms with E-state index < -0.39 is 29.0 Å². The van der Waals surface area contributed by atoms with Crippen LogP contribution >= 0.6 is 0 Å². The summed E-state index contributed by atoms with van der Waals surface area (Å²) in [6, 6.07) is 8.62. The molecule has 1 saturated heterocycles. The summed E-state index contributed by atoms with van der Waals surface area (Å²) in [5.41, 5.74) is 0.467. The van der Waals surface area contributed by atoms with Crippen molar-refractivity contribution in [1.82, 2.24) is 9.80 Å². The van der Waals surface area contributed by atoms with Crippen LogP contribution in [0, 0.1) is 11.6 Å². The molecule has 1 amide bonds. The summed E-state index contributed by atoms with van der Waals surface area (Å²) in [5.74, 6) is -1.42. The number of rotatable bonds is 4.